The number of hydrogen-bond donors (Lipinski definition) is 1. The Bertz CT molecular complexity index is 506. The van der Waals surface area contributed by atoms with E-state index in [4.69, 9.17) is 5.73 Å². The monoisotopic (exact) mass is 245 g/mol. The molecule has 0 bridgehead atoms. The van der Waals surface area contributed by atoms with Gasteiger partial charge in [0.25, 0.3) is 0 Å². The standard InChI is InChI=1S/C13H19N5/c1-3-7-18-8-6-16-13(18)9-11(14)12-4-5-15-10(2)17-12/h4-6,8,11H,3,7,9,14H2,1-2H3. The van der Waals surface area contributed by atoms with E-state index in [2.05, 4.69) is 26.4 Å². The van der Waals surface area contributed by atoms with Gasteiger partial charge in [-0.15, -0.1) is 0 Å². The fraction of sp³-hybridized carbons (Fsp3) is 0.462. The second kappa shape index (κ2) is 5.73. The number of aromatic nitrogens is 4. The van der Waals surface area contributed by atoms with Crippen LogP contribution in [-0.4, -0.2) is 19.5 Å². The number of imidazole rings is 1. The second-order valence-corrected chi connectivity index (χ2v) is 4.38. The van der Waals surface area contributed by atoms with Gasteiger partial charge in [0, 0.05) is 31.6 Å². The van der Waals surface area contributed by atoms with Crippen LogP contribution in [0, 0.1) is 6.92 Å². The highest BCUT2D eigenvalue weighted by Crippen LogP contribution is 2.13. The zero-order valence-electron chi connectivity index (χ0n) is 10.9. The average Bonchev–Trinajstić information content (AvgIpc) is 2.77. The largest absolute Gasteiger partial charge is 0.335 e. The van der Waals surface area contributed by atoms with E-state index < -0.39 is 0 Å². The highest BCUT2D eigenvalue weighted by atomic mass is 15.1. The number of rotatable bonds is 5. The summed E-state index contributed by atoms with van der Waals surface area (Å²) in [6.07, 6.45) is 7.35. The van der Waals surface area contributed by atoms with Crippen LogP contribution in [0.1, 0.15) is 36.7 Å². The summed E-state index contributed by atoms with van der Waals surface area (Å²) in [5, 5.41) is 0. The Morgan fingerprint density at radius 2 is 2.17 bits per heavy atom. The molecular weight excluding hydrogens is 226 g/mol. The summed E-state index contributed by atoms with van der Waals surface area (Å²) in [7, 11) is 0. The lowest BCUT2D eigenvalue weighted by molar-refractivity contribution is 0.590. The molecule has 2 aromatic heterocycles. The second-order valence-electron chi connectivity index (χ2n) is 4.38. The molecule has 0 aliphatic heterocycles. The van der Waals surface area contributed by atoms with Gasteiger partial charge in [0.05, 0.1) is 11.7 Å². The van der Waals surface area contributed by atoms with Gasteiger partial charge in [0.2, 0.25) is 0 Å². The predicted octanol–water partition coefficient (Wildman–Crippen LogP) is 1.63. The lowest BCUT2D eigenvalue weighted by Gasteiger charge is -2.12. The molecule has 0 saturated heterocycles. The van der Waals surface area contributed by atoms with Crippen molar-refractivity contribution < 1.29 is 0 Å². The van der Waals surface area contributed by atoms with Crippen LogP contribution in [0.25, 0.3) is 0 Å². The number of hydrogen-bond acceptors (Lipinski definition) is 4. The minimum Gasteiger partial charge on any atom is -0.335 e. The van der Waals surface area contributed by atoms with Gasteiger partial charge in [-0.2, -0.15) is 0 Å². The van der Waals surface area contributed by atoms with Crippen LogP contribution in [-0.2, 0) is 13.0 Å². The molecule has 2 N–H and O–H groups in total. The predicted molar refractivity (Wildman–Crippen MR) is 69.9 cm³/mol. The van der Waals surface area contributed by atoms with E-state index >= 15 is 0 Å². The van der Waals surface area contributed by atoms with Gasteiger partial charge in [-0.25, -0.2) is 15.0 Å². The Kier molecular flexibility index (Phi) is 4.04. The Balaban J connectivity index is 2.11. The molecule has 2 rings (SSSR count). The molecule has 0 amide bonds. The summed E-state index contributed by atoms with van der Waals surface area (Å²) in [6.45, 7) is 5.00. The van der Waals surface area contributed by atoms with Crippen LogP contribution in [0.2, 0.25) is 0 Å². The summed E-state index contributed by atoms with van der Waals surface area (Å²) in [5.41, 5.74) is 7.05. The van der Waals surface area contributed by atoms with Crippen LogP contribution >= 0.6 is 0 Å². The third-order valence-electron chi connectivity index (χ3n) is 2.85. The van der Waals surface area contributed by atoms with E-state index in [1.54, 1.807) is 6.20 Å². The highest BCUT2D eigenvalue weighted by molar-refractivity contribution is 5.09. The van der Waals surface area contributed by atoms with Gasteiger partial charge in [-0.3, -0.25) is 0 Å². The molecule has 0 aromatic carbocycles. The lowest BCUT2D eigenvalue weighted by Crippen LogP contribution is -2.18. The molecule has 0 saturated carbocycles. The lowest BCUT2D eigenvalue weighted by atomic mass is 10.1. The van der Waals surface area contributed by atoms with Crippen LogP contribution in [0.3, 0.4) is 0 Å². The van der Waals surface area contributed by atoms with Gasteiger partial charge in [-0.05, 0) is 19.4 Å². The Hall–Kier alpha value is -1.75. The van der Waals surface area contributed by atoms with Gasteiger partial charge in [0.15, 0.2) is 0 Å². The maximum atomic E-state index is 6.18. The number of nitrogens with zero attached hydrogens (tertiary/aromatic N) is 4. The fourth-order valence-corrected chi connectivity index (χ4v) is 1.96. The van der Waals surface area contributed by atoms with Crippen molar-refractivity contribution in [3.63, 3.8) is 0 Å². The molecule has 2 heterocycles. The summed E-state index contributed by atoms with van der Waals surface area (Å²) in [5.74, 6) is 1.76. The molecule has 18 heavy (non-hydrogen) atoms. The normalized spacial score (nSPS) is 12.6. The van der Waals surface area contributed by atoms with Crippen molar-refractivity contribution in [1.82, 2.24) is 19.5 Å². The summed E-state index contributed by atoms with van der Waals surface area (Å²) >= 11 is 0. The minimum absolute atomic E-state index is 0.135. The first-order valence-corrected chi connectivity index (χ1v) is 6.26. The van der Waals surface area contributed by atoms with Crippen LogP contribution < -0.4 is 5.73 Å². The van der Waals surface area contributed by atoms with Gasteiger partial charge in [-0.1, -0.05) is 6.92 Å². The van der Waals surface area contributed by atoms with E-state index in [0.717, 1.165) is 30.3 Å². The molecule has 0 radical (unpaired) electrons. The summed E-state index contributed by atoms with van der Waals surface area (Å²) < 4.78 is 2.15. The summed E-state index contributed by atoms with van der Waals surface area (Å²) in [4.78, 5) is 12.8. The van der Waals surface area contributed by atoms with Crippen molar-refractivity contribution in [2.75, 3.05) is 0 Å². The molecule has 1 unspecified atom stereocenters. The maximum absolute atomic E-state index is 6.18. The minimum atomic E-state index is -0.135. The molecule has 96 valence electrons. The molecule has 5 heteroatoms. The SMILES string of the molecule is CCCn1ccnc1CC(N)c1ccnc(C)n1. The van der Waals surface area contributed by atoms with E-state index in [1.165, 1.54) is 0 Å². The third kappa shape index (κ3) is 2.92. The van der Waals surface area contributed by atoms with Crippen molar-refractivity contribution >= 4 is 0 Å². The Morgan fingerprint density at radius 1 is 1.33 bits per heavy atom. The molecule has 1 atom stereocenters. The van der Waals surface area contributed by atoms with E-state index in [0.29, 0.717) is 6.42 Å². The van der Waals surface area contributed by atoms with Gasteiger partial charge >= 0.3 is 0 Å². The van der Waals surface area contributed by atoms with Crippen molar-refractivity contribution in [3.05, 3.63) is 42.0 Å². The fourth-order valence-electron chi connectivity index (χ4n) is 1.96. The number of aryl methyl sites for hydroxylation is 2. The van der Waals surface area contributed by atoms with E-state index in [-0.39, 0.29) is 6.04 Å². The van der Waals surface area contributed by atoms with E-state index in [9.17, 15) is 0 Å². The van der Waals surface area contributed by atoms with Gasteiger partial charge < -0.3 is 10.3 Å². The third-order valence-corrected chi connectivity index (χ3v) is 2.85. The van der Waals surface area contributed by atoms with Crippen molar-refractivity contribution in [2.24, 2.45) is 5.73 Å². The topological polar surface area (TPSA) is 69.6 Å². The molecule has 0 fully saturated rings. The molecule has 0 aliphatic carbocycles. The van der Waals surface area contributed by atoms with Crippen LogP contribution in [0.4, 0.5) is 0 Å². The molecule has 0 aliphatic rings. The van der Waals surface area contributed by atoms with Crippen molar-refractivity contribution in [1.29, 1.82) is 0 Å². The number of nitrogens with two attached hydrogens (primary N) is 1. The Labute approximate surface area is 107 Å². The van der Waals surface area contributed by atoms with Crippen molar-refractivity contribution in [2.45, 2.75) is 39.3 Å². The van der Waals surface area contributed by atoms with Crippen molar-refractivity contribution in [3.8, 4) is 0 Å². The van der Waals surface area contributed by atoms with Crippen LogP contribution in [0.5, 0.6) is 0 Å². The van der Waals surface area contributed by atoms with Gasteiger partial charge in [0.1, 0.15) is 11.6 Å². The highest BCUT2D eigenvalue weighted by Gasteiger charge is 2.12. The Morgan fingerprint density at radius 3 is 2.89 bits per heavy atom. The first-order chi connectivity index (χ1) is 8.70. The average molecular weight is 245 g/mol. The first kappa shape index (κ1) is 12.7. The molecule has 2 aromatic rings. The molecule has 5 nitrogen and oxygen atoms in total. The smallest absolute Gasteiger partial charge is 0.125 e. The van der Waals surface area contributed by atoms with E-state index in [1.807, 2.05) is 25.4 Å². The maximum Gasteiger partial charge on any atom is 0.125 e. The first-order valence-electron chi connectivity index (χ1n) is 6.26. The molecule has 0 spiro atoms. The summed E-state index contributed by atoms with van der Waals surface area (Å²) in [6, 6.07) is 1.73. The quantitative estimate of drug-likeness (QED) is 0.869. The zero-order chi connectivity index (χ0) is 13.0. The molecular formula is C13H19N5. The zero-order valence-corrected chi connectivity index (χ0v) is 10.9. The van der Waals surface area contributed by atoms with Crippen LogP contribution in [0.15, 0.2) is 24.7 Å².